The van der Waals surface area contributed by atoms with Crippen molar-refractivity contribution in [1.29, 1.82) is 0 Å². The number of anilines is 1. The summed E-state index contributed by atoms with van der Waals surface area (Å²) in [7, 11) is 1.67. The molecule has 0 aliphatic rings. The zero-order chi connectivity index (χ0) is 11.1. The highest BCUT2D eigenvalue weighted by Crippen LogP contribution is 2.19. The van der Waals surface area contributed by atoms with Crippen LogP contribution in [0.3, 0.4) is 0 Å². The van der Waals surface area contributed by atoms with Crippen LogP contribution in [-0.4, -0.2) is 36.8 Å². The predicted octanol–water partition coefficient (Wildman–Crippen LogP) is 1.24. The topological polar surface area (TPSA) is 56.3 Å². The summed E-state index contributed by atoms with van der Waals surface area (Å²) in [4.78, 5) is 8.19. The maximum absolute atomic E-state index is 5.36. The SMILES string of the molecule is CCOc1ncnc(NCCOC)c1C. The fourth-order valence-electron chi connectivity index (χ4n) is 1.17. The van der Waals surface area contributed by atoms with Crippen LogP contribution in [0.2, 0.25) is 0 Å². The summed E-state index contributed by atoms with van der Waals surface area (Å²) >= 11 is 0. The van der Waals surface area contributed by atoms with Gasteiger partial charge in [0.1, 0.15) is 12.1 Å². The van der Waals surface area contributed by atoms with E-state index in [-0.39, 0.29) is 0 Å². The fourth-order valence-corrected chi connectivity index (χ4v) is 1.17. The summed E-state index contributed by atoms with van der Waals surface area (Å²) in [6.45, 7) is 5.84. The van der Waals surface area contributed by atoms with Crippen molar-refractivity contribution in [3.63, 3.8) is 0 Å². The molecule has 0 bridgehead atoms. The van der Waals surface area contributed by atoms with Gasteiger partial charge in [-0.15, -0.1) is 0 Å². The molecule has 5 nitrogen and oxygen atoms in total. The van der Waals surface area contributed by atoms with E-state index >= 15 is 0 Å². The first-order valence-electron chi connectivity index (χ1n) is 4.96. The van der Waals surface area contributed by atoms with Gasteiger partial charge >= 0.3 is 0 Å². The van der Waals surface area contributed by atoms with Crippen LogP contribution >= 0.6 is 0 Å². The molecule has 0 aliphatic heterocycles. The van der Waals surface area contributed by atoms with Crippen molar-refractivity contribution in [2.24, 2.45) is 0 Å². The van der Waals surface area contributed by atoms with E-state index in [1.807, 2.05) is 13.8 Å². The Bertz CT molecular complexity index is 305. The molecule has 1 aromatic heterocycles. The number of aromatic nitrogens is 2. The lowest BCUT2D eigenvalue weighted by molar-refractivity contribution is 0.210. The monoisotopic (exact) mass is 211 g/mol. The van der Waals surface area contributed by atoms with Crippen LogP contribution in [-0.2, 0) is 4.74 Å². The number of rotatable bonds is 6. The third-order valence-corrected chi connectivity index (χ3v) is 1.92. The number of nitrogens with one attached hydrogen (secondary N) is 1. The first-order chi connectivity index (χ1) is 7.29. The van der Waals surface area contributed by atoms with Crippen LogP contribution in [0.1, 0.15) is 12.5 Å². The van der Waals surface area contributed by atoms with Crippen molar-refractivity contribution in [2.45, 2.75) is 13.8 Å². The van der Waals surface area contributed by atoms with Crippen molar-refractivity contribution in [3.05, 3.63) is 11.9 Å². The molecule has 0 saturated carbocycles. The lowest BCUT2D eigenvalue weighted by Crippen LogP contribution is -2.11. The van der Waals surface area contributed by atoms with Crippen LogP contribution in [0.5, 0.6) is 5.88 Å². The zero-order valence-electron chi connectivity index (χ0n) is 9.41. The highest BCUT2D eigenvalue weighted by molar-refractivity contribution is 5.47. The van der Waals surface area contributed by atoms with Crippen LogP contribution in [0.4, 0.5) is 5.82 Å². The maximum atomic E-state index is 5.36. The first-order valence-corrected chi connectivity index (χ1v) is 4.96. The molecule has 0 radical (unpaired) electrons. The molecule has 1 N–H and O–H groups in total. The van der Waals surface area contributed by atoms with Crippen LogP contribution < -0.4 is 10.1 Å². The Hall–Kier alpha value is -1.36. The van der Waals surface area contributed by atoms with E-state index in [4.69, 9.17) is 9.47 Å². The van der Waals surface area contributed by atoms with Gasteiger partial charge in [-0.05, 0) is 13.8 Å². The quantitative estimate of drug-likeness (QED) is 0.717. The lowest BCUT2D eigenvalue weighted by atomic mass is 10.3. The summed E-state index contributed by atoms with van der Waals surface area (Å²) in [6.07, 6.45) is 1.49. The molecule has 0 atom stereocenters. The number of ether oxygens (including phenoxy) is 2. The van der Waals surface area contributed by atoms with Crippen molar-refractivity contribution >= 4 is 5.82 Å². The van der Waals surface area contributed by atoms with Gasteiger partial charge in [0.05, 0.1) is 18.8 Å². The van der Waals surface area contributed by atoms with Crippen molar-refractivity contribution in [2.75, 3.05) is 32.2 Å². The van der Waals surface area contributed by atoms with Gasteiger partial charge in [-0.1, -0.05) is 0 Å². The zero-order valence-corrected chi connectivity index (χ0v) is 9.41. The second-order valence-corrected chi connectivity index (χ2v) is 3.01. The minimum Gasteiger partial charge on any atom is -0.478 e. The minimum atomic E-state index is 0.607. The Kier molecular flexibility index (Phi) is 4.83. The summed E-state index contributed by atoms with van der Waals surface area (Å²) in [5, 5.41) is 3.16. The van der Waals surface area contributed by atoms with Gasteiger partial charge < -0.3 is 14.8 Å². The van der Waals surface area contributed by atoms with E-state index in [1.165, 1.54) is 6.33 Å². The van der Waals surface area contributed by atoms with E-state index in [2.05, 4.69) is 15.3 Å². The molecule has 0 unspecified atom stereocenters. The largest absolute Gasteiger partial charge is 0.478 e. The Balaban J connectivity index is 2.66. The average Bonchev–Trinajstić information content (AvgIpc) is 2.24. The van der Waals surface area contributed by atoms with Crippen molar-refractivity contribution in [3.8, 4) is 5.88 Å². The second-order valence-electron chi connectivity index (χ2n) is 3.01. The fraction of sp³-hybridized carbons (Fsp3) is 0.600. The van der Waals surface area contributed by atoms with Crippen LogP contribution in [0.25, 0.3) is 0 Å². The molecular formula is C10H17N3O2. The molecule has 1 rings (SSSR count). The van der Waals surface area contributed by atoms with Gasteiger partial charge in [0.15, 0.2) is 0 Å². The standard InChI is InChI=1S/C10H17N3O2/c1-4-15-10-8(2)9(12-7-13-10)11-5-6-14-3/h7H,4-6H2,1-3H3,(H,11,12,13). The number of methoxy groups -OCH3 is 1. The predicted molar refractivity (Wildman–Crippen MR) is 58.3 cm³/mol. The smallest absolute Gasteiger partial charge is 0.221 e. The molecule has 0 aliphatic carbocycles. The molecule has 84 valence electrons. The van der Waals surface area contributed by atoms with Crippen molar-refractivity contribution < 1.29 is 9.47 Å². The van der Waals surface area contributed by atoms with E-state index in [0.717, 1.165) is 17.9 Å². The second kappa shape index (κ2) is 6.19. The third-order valence-electron chi connectivity index (χ3n) is 1.92. The molecule has 0 aromatic carbocycles. The normalized spacial score (nSPS) is 10.1. The first kappa shape index (κ1) is 11.7. The van der Waals surface area contributed by atoms with E-state index in [0.29, 0.717) is 19.1 Å². The third kappa shape index (κ3) is 3.36. The van der Waals surface area contributed by atoms with Gasteiger partial charge in [0.25, 0.3) is 0 Å². The van der Waals surface area contributed by atoms with Crippen LogP contribution in [0.15, 0.2) is 6.33 Å². The molecule has 1 heterocycles. The number of hydrogen-bond donors (Lipinski definition) is 1. The van der Waals surface area contributed by atoms with Crippen LogP contribution in [0, 0.1) is 6.92 Å². The average molecular weight is 211 g/mol. The van der Waals surface area contributed by atoms with Gasteiger partial charge in [-0.3, -0.25) is 0 Å². The summed E-state index contributed by atoms with van der Waals surface area (Å²) in [5.41, 5.74) is 0.926. The van der Waals surface area contributed by atoms with Crippen molar-refractivity contribution in [1.82, 2.24) is 9.97 Å². The molecule has 0 spiro atoms. The summed E-state index contributed by atoms with van der Waals surface area (Å²) in [6, 6.07) is 0. The molecule has 15 heavy (non-hydrogen) atoms. The highest BCUT2D eigenvalue weighted by Gasteiger charge is 2.06. The van der Waals surface area contributed by atoms with Gasteiger partial charge in [0, 0.05) is 13.7 Å². The Morgan fingerprint density at radius 3 is 2.87 bits per heavy atom. The Morgan fingerprint density at radius 2 is 2.20 bits per heavy atom. The number of nitrogens with zero attached hydrogens (tertiary/aromatic N) is 2. The van der Waals surface area contributed by atoms with Gasteiger partial charge in [-0.2, -0.15) is 0 Å². The Labute approximate surface area is 89.8 Å². The minimum absolute atomic E-state index is 0.607. The number of hydrogen-bond acceptors (Lipinski definition) is 5. The molecule has 5 heteroatoms. The molecule has 0 fully saturated rings. The summed E-state index contributed by atoms with van der Waals surface area (Å²) in [5.74, 6) is 1.43. The summed E-state index contributed by atoms with van der Waals surface area (Å²) < 4.78 is 10.3. The Morgan fingerprint density at radius 1 is 1.40 bits per heavy atom. The van der Waals surface area contributed by atoms with E-state index in [1.54, 1.807) is 7.11 Å². The molecular weight excluding hydrogens is 194 g/mol. The molecule has 0 saturated heterocycles. The lowest BCUT2D eigenvalue weighted by Gasteiger charge is -2.10. The van der Waals surface area contributed by atoms with Gasteiger partial charge in [0.2, 0.25) is 5.88 Å². The highest BCUT2D eigenvalue weighted by atomic mass is 16.5. The van der Waals surface area contributed by atoms with E-state index < -0.39 is 0 Å². The molecule has 0 amide bonds. The maximum Gasteiger partial charge on any atom is 0.221 e. The van der Waals surface area contributed by atoms with E-state index in [9.17, 15) is 0 Å². The molecule has 1 aromatic rings. The van der Waals surface area contributed by atoms with Gasteiger partial charge in [-0.25, -0.2) is 9.97 Å².